The van der Waals surface area contributed by atoms with Crippen LogP contribution in [0.2, 0.25) is 0 Å². The van der Waals surface area contributed by atoms with Crippen molar-refractivity contribution in [3.8, 4) is 0 Å². The summed E-state index contributed by atoms with van der Waals surface area (Å²) >= 11 is 0. The lowest BCUT2D eigenvalue weighted by Crippen LogP contribution is -2.41. The minimum Gasteiger partial charge on any atom is -0.376 e. The molecular formula is C23H38N4O. The molecule has 0 spiro atoms. The average Bonchev–Trinajstić information content (AvgIpc) is 3.21. The van der Waals surface area contributed by atoms with E-state index in [4.69, 9.17) is 4.74 Å². The van der Waals surface area contributed by atoms with Gasteiger partial charge in [-0.15, -0.1) is 0 Å². The summed E-state index contributed by atoms with van der Waals surface area (Å²) in [6.07, 6.45) is 5.14. The molecule has 5 nitrogen and oxygen atoms in total. The van der Waals surface area contributed by atoms with Gasteiger partial charge < -0.3 is 19.9 Å². The first kappa shape index (κ1) is 21.1. The normalized spacial score (nSPS) is 22.0. The van der Waals surface area contributed by atoms with Gasteiger partial charge in [0.1, 0.15) is 0 Å². The molecule has 0 bridgehead atoms. The maximum Gasteiger partial charge on any atom is 0.193 e. The summed E-state index contributed by atoms with van der Waals surface area (Å²) in [6.45, 7) is 10.7. The summed E-state index contributed by atoms with van der Waals surface area (Å²) in [5.41, 5.74) is 1.25. The fourth-order valence-electron chi connectivity index (χ4n) is 4.39. The molecule has 2 aliphatic heterocycles. The van der Waals surface area contributed by atoms with Gasteiger partial charge in [0.25, 0.3) is 0 Å². The third-order valence-electron chi connectivity index (χ3n) is 6.25. The molecule has 3 rings (SSSR count). The molecule has 0 aromatic heterocycles. The second kappa shape index (κ2) is 11.4. The second-order valence-electron chi connectivity index (χ2n) is 8.24. The number of nitrogens with one attached hydrogen (secondary N) is 1. The molecular weight excluding hydrogens is 348 g/mol. The zero-order valence-corrected chi connectivity index (χ0v) is 17.8. The molecule has 2 heterocycles. The Balaban J connectivity index is 1.31. The highest BCUT2D eigenvalue weighted by atomic mass is 16.5. The molecule has 0 aliphatic carbocycles. The molecule has 1 aromatic carbocycles. The summed E-state index contributed by atoms with van der Waals surface area (Å²) in [5, 5.41) is 3.61. The topological polar surface area (TPSA) is 40.1 Å². The highest BCUT2D eigenvalue weighted by Gasteiger charge is 2.25. The van der Waals surface area contributed by atoms with E-state index in [1.165, 1.54) is 50.9 Å². The van der Waals surface area contributed by atoms with Crippen LogP contribution in [0.4, 0.5) is 0 Å². The molecule has 2 aliphatic rings. The highest BCUT2D eigenvalue weighted by Crippen LogP contribution is 2.20. The van der Waals surface area contributed by atoms with Crippen LogP contribution in [-0.4, -0.2) is 68.7 Å². The van der Waals surface area contributed by atoms with Gasteiger partial charge in [-0.1, -0.05) is 37.3 Å². The number of aliphatic imine (C=N–C) groups is 1. The number of ether oxygens (including phenoxy) is 1. The average molecular weight is 387 g/mol. The Morgan fingerprint density at radius 3 is 2.57 bits per heavy atom. The van der Waals surface area contributed by atoms with E-state index in [0.717, 1.165) is 38.1 Å². The number of benzene rings is 1. The van der Waals surface area contributed by atoms with Crippen LogP contribution in [-0.2, 0) is 11.3 Å². The van der Waals surface area contributed by atoms with Gasteiger partial charge >= 0.3 is 0 Å². The number of nitrogens with zero attached hydrogens (tertiary/aromatic N) is 3. The predicted molar refractivity (Wildman–Crippen MR) is 117 cm³/mol. The highest BCUT2D eigenvalue weighted by molar-refractivity contribution is 5.80. The minimum atomic E-state index is 0.598. The largest absolute Gasteiger partial charge is 0.376 e. The molecule has 2 saturated heterocycles. The van der Waals surface area contributed by atoms with Crippen molar-refractivity contribution in [2.45, 2.75) is 39.2 Å². The third kappa shape index (κ3) is 6.49. The lowest BCUT2D eigenvalue weighted by Gasteiger charge is -2.31. The summed E-state index contributed by atoms with van der Waals surface area (Å²) < 4.78 is 5.95. The molecule has 2 fully saturated rings. The van der Waals surface area contributed by atoms with Crippen molar-refractivity contribution in [1.29, 1.82) is 0 Å². The van der Waals surface area contributed by atoms with Crippen LogP contribution in [0.5, 0.6) is 0 Å². The van der Waals surface area contributed by atoms with Crippen LogP contribution in [0, 0.1) is 11.8 Å². The maximum atomic E-state index is 5.95. The summed E-state index contributed by atoms with van der Waals surface area (Å²) in [7, 11) is 1.90. The van der Waals surface area contributed by atoms with E-state index < -0.39 is 0 Å². The van der Waals surface area contributed by atoms with Crippen LogP contribution in [0.25, 0.3) is 0 Å². The Morgan fingerprint density at radius 1 is 1.11 bits per heavy atom. The molecule has 0 saturated carbocycles. The van der Waals surface area contributed by atoms with Crippen LogP contribution >= 0.6 is 0 Å². The van der Waals surface area contributed by atoms with Gasteiger partial charge in [0.2, 0.25) is 0 Å². The van der Waals surface area contributed by atoms with E-state index in [0.29, 0.717) is 12.5 Å². The minimum absolute atomic E-state index is 0.598. The first-order valence-electron chi connectivity index (χ1n) is 11.1. The third-order valence-corrected chi connectivity index (χ3v) is 6.25. The molecule has 1 aromatic rings. The lowest BCUT2D eigenvalue weighted by atomic mass is 9.93. The number of guanidine groups is 1. The Labute approximate surface area is 171 Å². The standard InChI is InChI=1S/C23H38N4O/c1-3-26-14-10-20(11-15-26)9-13-25-23(24-2)27-16-12-22(17-27)19-28-18-21-7-5-4-6-8-21/h4-8,20,22H,3,9-19H2,1-2H3,(H,24,25). The number of hydrogen-bond donors (Lipinski definition) is 1. The quantitative estimate of drug-likeness (QED) is 0.550. The van der Waals surface area contributed by atoms with Crippen LogP contribution in [0.3, 0.4) is 0 Å². The zero-order valence-electron chi connectivity index (χ0n) is 17.8. The van der Waals surface area contributed by atoms with E-state index in [9.17, 15) is 0 Å². The first-order valence-corrected chi connectivity index (χ1v) is 11.1. The predicted octanol–water partition coefficient (Wildman–Crippen LogP) is 3.22. The van der Waals surface area contributed by atoms with E-state index >= 15 is 0 Å². The fraction of sp³-hybridized carbons (Fsp3) is 0.696. The van der Waals surface area contributed by atoms with Crippen molar-refractivity contribution >= 4 is 5.96 Å². The van der Waals surface area contributed by atoms with Crippen molar-refractivity contribution in [1.82, 2.24) is 15.1 Å². The Hall–Kier alpha value is -1.59. The van der Waals surface area contributed by atoms with Crippen LogP contribution in [0.1, 0.15) is 38.2 Å². The second-order valence-corrected chi connectivity index (χ2v) is 8.24. The van der Waals surface area contributed by atoms with Gasteiger partial charge in [-0.3, -0.25) is 4.99 Å². The summed E-state index contributed by atoms with van der Waals surface area (Å²) in [6, 6.07) is 10.4. The van der Waals surface area contributed by atoms with E-state index in [1.807, 2.05) is 13.1 Å². The summed E-state index contributed by atoms with van der Waals surface area (Å²) in [5.74, 6) is 2.53. The molecule has 0 radical (unpaired) electrons. The van der Waals surface area contributed by atoms with Crippen molar-refractivity contribution in [3.05, 3.63) is 35.9 Å². The van der Waals surface area contributed by atoms with E-state index in [-0.39, 0.29) is 0 Å². The van der Waals surface area contributed by atoms with Crippen molar-refractivity contribution < 1.29 is 4.74 Å². The van der Waals surface area contributed by atoms with Gasteiger partial charge in [-0.05, 0) is 56.8 Å². The van der Waals surface area contributed by atoms with E-state index in [1.54, 1.807) is 0 Å². The van der Waals surface area contributed by atoms with Crippen LogP contribution in [0.15, 0.2) is 35.3 Å². The summed E-state index contributed by atoms with van der Waals surface area (Å²) in [4.78, 5) is 9.48. The Kier molecular flexibility index (Phi) is 8.62. The molecule has 5 heteroatoms. The SMILES string of the molecule is CCN1CCC(CCNC(=NC)N2CCC(COCc3ccccc3)C2)CC1. The Morgan fingerprint density at radius 2 is 1.86 bits per heavy atom. The molecule has 1 atom stereocenters. The maximum absolute atomic E-state index is 5.95. The number of likely N-dealkylation sites (tertiary alicyclic amines) is 2. The van der Waals surface area contributed by atoms with Crippen molar-refractivity contribution in [3.63, 3.8) is 0 Å². The number of hydrogen-bond acceptors (Lipinski definition) is 3. The first-order chi connectivity index (χ1) is 13.8. The smallest absolute Gasteiger partial charge is 0.193 e. The van der Waals surface area contributed by atoms with E-state index in [2.05, 4.69) is 51.3 Å². The van der Waals surface area contributed by atoms with Gasteiger partial charge in [0.05, 0.1) is 13.2 Å². The zero-order chi connectivity index (χ0) is 19.6. The molecule has 1 N–H and O–H groups in total. The lowest BCUT2D eigenvalue weighted by molar-refractivity contribution is 0.0906. The van der Waals surface area contributed by atoms with Crippen molar-refractivity contribution in [2.24, 2.45) is 16.8 Å². The molecule has 156 valence electrons. The number of rotatable bonds is 8. The molecule has 28 heavy (non-hydrogen) atoms. The van der Waals surface area contributed by atoms with Gasteiger partial charge in [-0.2, -0.15) is 0 Å². The van der Waals surface area contributed by atoms with Gasteiger partial charge in [0, 0.05) is 32.6 Å². The molecule has 0 amide bonds. The number of piperidine rings is 1. The van der Waals surface area contributed by atoms with Crippen molar-refractivity contribution in [2.75, 3.05) is 52.9 Å². The van der Waals surface area contributed by atoms with Crippen LogP contribution < -0.4 is 5.32 Å². The fourth-order valence-corrected chi connectivity index (χ4v) is 4.39. The Bertz CT molecular complexity index is 584. The molecule has 1 unspecified atom stereocenters. The van der Waals surface area contributed by atoms with Gasteiger partial charge in [-0.25, -0.2) is 0 Å². The van der Waals surface area contributed by atoms with Gasteiger partial charge in [0.15, 0.2) is 5.96 Å². The monoisotopic (exact) mass is 386 g/mol.